The number of aliphatic imine (C=N–C) groups is 1. The van der Waals surface area contributed by atoms with Gasteiger partial charge >= 0.3 is 6.09 Å². The van der Waals surface area contributed by atoms with Gasteiger partial charge in [0, 0.05) is 31.7 Å². The van der Waals surface area contributed by atoms with Crippen LogP contribution in [-0.2, 0) is 11.3 Å². The zero-order valence-corrected chi connectivity index (χ0v) is 23.0. The fourth-order valence-electron chi connectivity index (χ4n) is 6.42. The first kappa shape index (κ1) is 26.8. The van der Waals surface area contributed by atoms with E-state index >= 15 is 0 Å². The van der Waals surface area contributed by atoms with E-state index in [-0.39, 0.29) is 23.6 Å². The van der Waals surface area contributed by atoms with Crippen LogP contribution in [0, 0.1) is 23.7 Å². The number of aromatic nitrogens is 4. The molecule has 0 spiro atoms. The summed E-state index contributed by atoms with van der Waals surface area (Å²) in [5.41, 5.74) is 7.49. The smallest absolute Gasteiger partial charge is 0.433 e. The maximum atomic E-state index is 11.2. The molecule has 0 radical (unpaired) electrons. The number of anilines is 1. The largest absolute Gasteiger partial charge is 0.463 e. The fraction of sp³-hybridized carbons (Fsp3) is 0.750. The van der Waals surface area contributed by atoms with Gasteiger partial charge in [-0.2, -0.15) is 4.99 Å². The van der Waals surface area contributed by atoms with Crippen molar-refractivity contribution in [2.45, 2.75) is 97.1 Å². The fourth-order valence-corrected chi connectivity index (χ4v) is 6.42. The summed E-state index contributed by atoms with van der Waals surface area (Å²) in [5, 5.41) is 12.8. The molecule has 2 unspecified atom stereocenters. The van der Waals surface area contributed by atoms with E-state index in [0.717, 1.165) is 49.9 Å². The van der Waals surface area contributed by atoms with Gasteiger partial charge in [0.15, 0.2) is 23.1 Å². The van der Waals surface area contributed by atoms with Gasteiger partial charge in [0.1, 0.15) is 11.3 Å². The number of fused-ring (bicyclic) bond motifs is 1. The second kappa shape index (κ2) is 11.6. The normalized spacial score (nSPS) is 25.2. The zero-order chi connectivity index (χ0) is 26.8. The van der Waals surface area contributed by atoms with E-state index in [1.54, 1.807) is 0 Å². The van der Waals surface area contributed by atoms with Crippen LogP contribution in [0.15, 0.2) is 4.99 Å². The summed E-state index contributed by atoms with van der Waals surface area (Å²) in [5.74, 6) is 4.28. The molecule has 2 aromatic heterocycles. The Hall–Kier alpha value is -2.75. The van der Waals surface area contributed by atoms with E-state index in [2.05, 4.69) is 40.6 Å². The lowest BCUT2D eigenvalue weighted by Gasteiger charge is -2.33. The minimum absolute atomic E-state index is 0.102. The number of rotatable bonds is 8. The van der Waals surface area contributed by atoms with Crippen LogP contribution in [-0.4, -0.2) is 55.8 Å². The van der Waals surface area contributed by atoms with Crippen LogP contribution < -0.4 is 11.1 Å². The number of amidine groups is 1. The topological polar surface area (TPSA) is 141 Å². The van der Waals surface area contributed by atoms with Crippen molar-refractivity contribution >= 4 is 28.9 Å². The number of carbonyl (C=O) groups is 1. The molecule has 208 valence electrons. The minimum atomic E-state index is -1.37. The summed E-state index contributed by atoms with van der Waals surface area (Å²) in [6.07, 6.45) is 9.26. The Balaban J connectivity index is 1.61. The molecule has 2 aliphatic carbocycles. The van der Waals surface area contributed by atoms with Gasteiger partial charge < -0.3 is 25.5 Å². The van der Waals surface area contributed by atoms with Crippen LogP contribution in [0.2, 0.25) is 0 Å². The molecule has 3 heterocycles. The van der Waals surface area contributed by atoms with Crippen molar-refractivity contribution in [3.05, 3.63) is 11.6 Å². The molecule has 2 atom stereocenters. The Morgan fingerprint density at radius 1 is 1.08 bits per heavy atom. The number of nitrogens with one attached hydrogen (secondary N) is 1. The number of imidazole rings is 1. The number of nitrogens with two attached hydrogens (primary N) is 1. The van der Waals surface area contributed by atoms with Gasteiger partial charge in [-0.05, 0) is 69.1 Å². The van der Waals surface area contributed by atoms with E-state index in [9.17, 15) is 9.90 Å². The second-order valence-electron chi connectivity index (χ2n) is 11.9. The molecule has 0 bridgehead atoms. The molecule has 38 heavy (non-hydrogen) atoms. The van der Waals surface area contributed by atoms with E-state index in [0.29, 0.717) is 29.2 Å². The highest BCUT2D eigenvalue weighted by Gasteiger charge is 2.31. The van der Waals surface area contributed by atoms with Crippen molar-refractivity contribution in [1.82, 2.24) is 19.5 Å². The van der Waals surface area contributed by atoms with Crippen molar-refractivity contribution in [1.29, 1.82) is 0 Å². The summed E-state index contributed by atoms with van der Waals surface area (Å²) in [4.78, 5) is 29.3. The quantitative estimate of drug-likeness (QED) is 0.317. The predicted molar refractivity (Wildman–Crippen MR) is 148 cm³/mol. The lowest BCUT2D eigenvalue weighted by molar-refractivity contribution is 0.0583. The molecule has 4 N–H and O–H groups in total. The van der Waals surface area contributed by atoms with Gasteiger partial charge in [-0.3, -0.25) is 0 Å². The molecule has 0 aromatic carbocycles. The molecule has 1 amide bonds. The number of carboxylic acid groups (broad SMARTS) is 1. The number of ether oxygens (including phenoxy) is 1. The van der Waals surface area contributed by atoms with Gasteiger partial charge in [0.2, 0.25) is 0 Å². The highest BCUT2D eigenvalue weighted by molar-refractivity contribution is 6.01. The molecule has 10 nitrogen and oxygen atoms in total. The van der Waals surface area contributed by atoms with Crippen molar-refractivity contribution in [3.63, 3.8) is 0 Å². The Bertz CT molecular complexity index is 1160. The Labute approximate surface area is 224 Å². The van der Waals surface area contributed by atoms with Crippen LogP contribution in [0.3, 0.4) is 0 Å². The maximum Gasteiger partial charge on any atom is 0.433 e. The highest BCUT2D eigenvalue weighted by Crippen LogP contribution is 2.38. The van der Waals surface area contributed by atoms with Crippen molar-refractivity contribution in [2.24, 2.45) is 34.4 Å². The standard InChI is InChI=1S/C28H43N7O3/c1-16-7-9-19(10-8-16)15-35-22-24(30-18(3)21-5-4-6-21)32-26(23(29)31-28(36)37)33-25(22)34-27(35)17(2)20-11-13-38-14-12-20/h16-21H,4-15H2,1-3H3,(H2,29,31)(H,36,37)(H,30,32,33). The molecular formula is C28H43N7O3. The molecule has 3 aliphatic rings. The lowest BCUT2D eigenvalue weighted by atomic mass is 9.80. The molecule has 1 saturated heterocycles. The van der Waals surface area contributed by atoms with Crippen LogP contribution >= 0.6 is 0 Å². The number of nitrogens with zero attached hydrogens (tertiary/aromatic N) is 5. The zero-order valence-electron chi connectivity index (χ0n) is 23.0. The summed E-state index contributed by atoms with van der Waals surface area (Å²) < 4.78 is 8.02. The number of hydrogen-bond donors (Lipinski definition) is 3. The molecule has 10 heteroatoms. The molecule has 2 saturated carbocycles. The number of amides is 1. The summed E-state index contributed by atoms with van der Waals surface area (Å²) in [6.45, 7) is 9.28. The van der Waals surface area contributed by atoms with Crippen LogP contribution in [0.4, 0.5) is 10.6 Å². The average Bonchev–Trinajstić information content (AvgIpc) is 3.22. The van der Waals surface area contributed by atoms with Crippen LogP contribution in [0.5, 0.6) is 0 Å². The molecule has 5 rings (SSSR count). The highest BCUT2D eigenvalue weighted by atomic mass is 16.5. The van der Waals surface area contributed by atoms with Crippen molar-refractivity contribution in [3.8, 4) is 0 Å². The Morgan fingerprint density at radius 2 is 1.79 bits per heavy atom. The minimum Gasteiger partial charge on any atom is -0.463 e. The average molecular weight is 526 g/mol. The van der Waals surface area contributed by atoms with E-state index in [1.165, 1.54) is 44.9 Å². The summed E-state index contributed by atoms with van der Waals surface area (Å²) >= 11 is 0. The molecule has 3 fully saturated rings. The number of hydrogen-bond acceptors (Lipinski definition) is 6. The third kappa shape index (κ3) is 5.80. The maximum absolute atomic E-state index is 11.2. The molecule has 2 aromatic rings. The SMILES string of the molecule is CC1CCC(Cn2c(C(C)C3CCOCC3)nc3nc(C(N)=NC(=O)O)nc(NC(C)C4CCC4)c32)CC1. The van der Waals surface area contributed by atoms with E-state index < -0.39 is 6.09 Å². The predicted octanol–water partition coefficient (Wildman–Crippen LogP) is 5.17. The van der Waals surface area contributed by atoms with Gasteiger partial charge in [-0.25, -0.2) is 19.7 Å². The first-order valence-electron chi connectivity index (χ1n) is 14.5. The molecular weight excluding hydrogens is 482 g/mol. The second-order valence-corrected chi connectivity index (χ2v) is 11.9. The lowest BCUT2D eigenvalue weighted by Crippen LogP contribution is -2.32. The van der Waals surface area contributed by atoms with Gasteiger partial charge in [0.25, 0.3) is 0 Å². The third-order valence-electron chi connectivity index (χ3n) is 9.26. The van der Waals surface area contributed by atoms with Gasteiger partial charge in [-0.1, -0.05) is 33.1 Å². The Morgan fingerprint density at radius 3 is 2.42 bits per heavy atom. The van der Waals surface area contributed by atoms with Crippen molar-refractivity contribution in [2.75, 3.05) is 18.5 Å². The summed E-state index contributed by atoms with van der Waals surface area (Å²) in [6, 6.07) is 0.225. The molecule has 1 aliphatic heterocycles. The third-order valence-corrected chi connectivity index (χ3v) is 9.26. The first-order valence-corrected chi connectivity index (χ1v) is 14.5. The van der Waals surface area contributed by atoms with Crippen LogP contribution in [0.25, 0.3) is 11.2 Å². The van der Waals surface area contributed by atoms with Crippen molar-refractivity contribution < 1.29 is 14.6 Å². The van der Waals surface area contributed by atoms with Gasteiger partial charge in [0.05, 0.1) is 0 Å². The van der Waals surface area contributed by atoms with E-state index in [1.807, 2.05) is 0 Å². The van der Waals surface area contributed by atoms with Gasteiger partial charge in [-0.15, -0.1) is 0 Å². The Kier molecular flexibility index (Phi) is 8.16. The first-order chi connectivity index (χ1) is 18.3. The monoisotopic (exact) mass is 525 g/mol. The van der Waals surface area contributed by atoms with E-state index in [4.69, 9.17) is 20.4 Å². The van der Waals surface area contributed by atoms with Crippen LogP contribution in [0.1, 0.15) is 96.1 Å². The summed E-state index contributed by atoms with van der Waals surface area (Å²) in [7, 11) is 0.